The zero-order valence-electron chi connectivity index (χ0n) is 11.1. The first-order valence-electron chi connectivity index (χ1n) is 6.84. The van der Waals surface area contributed by atoms with Crippen molar-refractivity contribution in [2.24, 2.45) is 5.41 Å². The summed E-state index contributed by atoms with van der Waals surface area (Å²) in [7, 11) is 0. The van der Waals surface area contributed by atoms with E-state index in [1.165, 1.54) is 0 Å². The second-order valence-corrected chi connectivity index (χ2v) is 5.42. The third-order valence-corrected chi connectivity index (χ3v) is 3.99. The van der Waals surface area contributed by atoms with Crippen molar-refractivity contribution in [2.75, 3.05) is 6.54 Å². The molecule has 1 saturated carbocycles. The van der Waals surface area contributed by atoms with Gasteiger partial charge in [0.05, 0.1) is 5.41 Å². The molecule has 1 aromatic carbocycles. The molecule has 0 spiro atoms. The van der Waals surface area contributed by atoms with Crippen molar-refractivity contribution in [3.05, 3.63) is 29.8 Å². The van der Waals surface area contributed by atoms with E-state index in [1.807, 2.05) is 12.1 Å². The van der Waals surface area contributed by atoms with Crippen LogP contribution in [0.2, 0.25) is 0 Å². The Hall–Kier alpha value is -1.55. The highest BCUT2D eigenvalue weighted by molar-refractivity contribution is 5.75. The highest BCUT2D eigenvalue weighted by atomic mass is 16.4. The van der Waals surface area contributed by atoms with E-state index in [0.29, 0.717) is 13.1 Å². The van der Waals surface area contributed by atoms with Crippen LogP contribution in [0, 0.1) is 5.41 Å². The van der Waals surface area contributed by atoms with Crippen LogP contribution >= 0.6 is 0 Å². The third kappa shape index (κ3) is 3.47. The van der Waals surface area contributed by atoms with Crippen molar-refractivity contribution in [1.82, 2.24) is 5.32 Å². The quantitative estimate of drug-likeness (QED) is 0.763. The summed E-state index contributed by atoms with van der Waals surface area (Å²) in [5, 5.41) is 21.9. The predicted octanol–water partition coefficient (Wildman–Crippen LogP) is 2.52. The van der Waals surface area contributed by atoms with Crippen LogP contribution in [0.1, 0.15) is 37.7 Å². The lowest BCUT2D eigenvalue weighted by Gasteiger charge is -2.33. The normalized spacial score (nSPS) is 18.1. The molecule has 3 N–H and O–H groups in total. The van der Waals surface area contributed by atoms with Gasteiger partial charge in [0.1, 0.15) is 5.75 Å². The van der Waals surface area contributed by atoms with Gasteiger partial charge in [-0.3, -0.25) is 4.79 Å². The van der Waals surface area contributed by atoms with Gasteiger partial charge < -0.3 is 15.5 Å². The summed E-state index contributed by atoms with van der Waals surface area (Å²) in [4.78, 5) is 11.5. The topological polar surface area (TPSA) is 69.6 Å². The number of hydrogen-bond donors (Lipinski definition) is 3. The van der Waals surface area contributed by atoms with Crippen molar-refractivity contribution in [1.29, 1.82) is 0 Å². The van der Waals surface area contributed by atoms with E-state index >= 15 is 0 Å². The molecular weight excluding hydrogens is 242 g/mol. The Balaban J connectivity index is 1.89. The van der Waals surface area contributed by atoms with Gasteiger partial charge in [-0.05, 0) is 30.5 Å². The summed E-state index contributed by atoms with van der Waals surface area (Å²) in [5.41, 5.74) is 0.462. The van der Waals surface area contributed by atoms with Gasteiger partial charge in [0, 0.05) is 13.1 Å². The van der Waals surface area contributed by atoms with Crippen molar-refractivity contribution < 1.29 is 15.0 Å². The molecule has 0 bridgehead atoms. The monoisotopic (exact) mass is 263 g/mol. The Morgan fingerprint density at radius 2 is 1.79 bits per heavy atom. The maximum absolute atomic E-state index is 11.5. The number of carboxylic acid groups (broad SMARTS) is 1. The van der Waals surface area contributed by atoms with Crippen LogP contribution in [0.25, 0.3) is 0 Å². The molecule has 0 aromatic heterocycles. The average molecular weight is 263 g/mol. The average Bonchev–Trinajstić information content (AvgIpc) is 2.42. The van der Waals surface area contributed by atoms with E-state index < -0.39 is 11.4 Å². The maximum atomic E-state index is 11.5. The van der Waals surface area contributed by atoms with Crippen molar-refractivity contribution in [3.8, 4) is 5.75 Å². The van der Waals surface area contributed by atoms with Crippen LogP contribution in [0.5, 0.6) is 5.75 Å². The van der Waals surface area contributed by atoms with Gasteiger partial charge in [-0.15, -0.1) is 0 Å². The van der Waals surface area contributed by atoms with Gasteiger partial charge in [-0.2, -0.15) is 0 Å². The molecule has 1 fully saturated rings. The van der Waals surface area contributed by atoms with Gasteiger partial charge in [0.15, 0.2) is 0 Å². The summed E-state index contributed by atoms with van der Waals surface area (Å²) in [5.74, 6) is -0.427. The fraction of sp³-hybridized carbons (Fsp3) is 0.533. The number of carboxylic acids is 1. The van der Waals surface area contributed by atoms with Crippen molar-refractivity contribution >= 4 is 5.97 Å². The summed E-state index contributed by atoms with van der Waals surface area (Å²) < 4.78 is 0. The van der Waals surface area contributed by atoms with Gasteiger partial charge in [0.2, 0.25) is 0 Å². The number of aliphatic carboxylic acids is 1. The largest absolute Gasteiger partial charge is 0.508 e. The number of phenols is 1. The zero-order chi connectivity index (χ0) is 13.7. The minimum Gasteiger partial charge on any atom is -0.508 e. The van der Waals surface area contributed by atoms with Gasteiger partial charge >= 0.3 is 5.97 Å². The number of hydrogen-bond acceptors (Lipinski definition) is 3. The third-order valence-electron chi connectivity index (χ3n) is 3.99. The SMILES string of the molecule is O=C(O)C1(CNCc2ccc(O)cc2)CCCCC1. The Morgan fingerprint density at radius 3 is 2.37 bits per heavy atom. The van der Waals surface area contributed by atoms with Crippen LogP contribution in [-0.4, -0.2) is 22.7 Å². The fourth-order valence-electron chi connectivity index (χ4n) is 2.75. The predicted molar refractivity (Wildman–Crippen MR) is 73.0 cm³/mol. The summed E-state index contributed by atoms with van der Waals surface area (Å²) in [6, 6.07) is 6.97. The smallest absolute Gasteiger partial charge is 0.310 e. The molecule has 4 nitrogen and oxygen atoms in total. The lowest BCUT2D eigenvalue weighted by atomic mass is 9.74. The molecule has 0 unspecified atom stereocenters. The first kappa shape index (κ1) is 13.9. The van der Waals surface area contributed by atoms with Crippen molar-refractivity contribution in [3.63, 3.8) is 0 Å². The number of benzene rings is 1. The highest BCUT2D eigenvalue weighted by Crippen LogP contribution is 2.36. The highest BCUT2D eigenvalue weighted by Gasteiger charge is 2.38. The standard InChI is InChI=1S/C15H21NO3/c17-13-6-4-12(5-7-13)10-16-11-15(14(18)19)8-2-1-3-9-15/h4-7,16-17H,1-3,8-11H2,(H,18,19). The minimum atomic E-state index is -0.676. The van der Waals surface area contributed by atoms with Crippen molar-refractivity contribution in [2.45, 2.75) is 38.6 Å². The van der Waals surface area contributed by atoms with E-state index in [4.69, 9.17) is 0 Å². The Kier molecular flexibility index (Phi) is 4.43. The Morgan fingerprint density at radius 1 is 1.16 bits per heavy atom. The lowest BCUT2D eigenvalue weighted by Crippen LogP contribution is -2.42. The number of phenolic OH excluding ortho intramolecular Hbond substituents is 1. The summed E-state index contributed by atoms with van der Waals surface area (Å²) >= 11 is 0. The van der Waals surface area contributed by atoms with E-state index in [0.717, 1.165) is 37.7 Å². The molecule has 0 amide bonds. The summed E-state index contributed by atoms with van der Waals surface area (Å²) in [6.45, 7) is 1.15. The maximum Gasteiger partial charge on any atom is 0.310 e. The van der Waals surface area contributed by atoms with Crippen LogP contribution in [-0.2, 0) is 11.3 Å². The van der Waals surface area contributed by atoms with Crippen LogP contribution in [0.3, 0.4) is 0 Å². The molecule has 1 aromatic rings. The second kappa shape index (κ2) is 6.06. The molecule has 19 heavy (non-hydrogen) atoms. The van der Waals surface area contributed by atoms with E-state index in [9.17, 15) is 15.0 Å². The number of rotatable bonds is 5. The summed E-state index contributed by atoms with van der Waals surface area (Å²) in [6.07, 6.45) is 4.70. The molecule has 0 saturated heterocycles. The molecule has 1 aliphatic rings. The fourth-order valence-corrected chi connectivity index (χ4v) is 2.75. The van der Waals surface area contributed by atoms with E-state index in [1.54, 1.807) is 12.1 Å². The molecule has 104 valence electrons. The minimum absolute atomic E-state index is 0.248. The molecule has 0 heterocycles. The second-order valence-electron chi connectivity index (χ2n) is 5.42. The molecule has 0 atom stereocenters. The first-order valence-corrected chi connectivity index (χ1v) is 6.84. The molecular formula is C15H21NO3. The zero-order valence-corrected chi connectivity index (χ0v) is 11.1. The number of nitrogens with one attached hydrogen (secondary N) is 1. The van der Waals surface area contributed by atoms with E-state index in [2.05, 4.69) is 5.32 Å². The lowest BCUT2D eigenvalue weighted by molar-refractivity contribution is -0.150. The Bertz CT molecular complexity index is 422. The molecule has 4 heteroatoms. The van der Waals surface area contributed by atoms with Crippen LogP contribution in [0.15, 0.2) is 24.3 Å². The first-order chi connectivity index (χ1) is 9.12. The Labute approximate surface area is 113 Å². The van der Waals surface area contributed by atoms with Crippen LogP contribution in [0.4, 0.5) is 0 Å². The van der Waals surface area contributed by atoms with Gasteiger partial charge in [-0.1, -0.05) is 31.4 Å². The van der Waals surface area contributed by atoms with Gasteiger partial charge in [-0.25, -0.2) is 0 Å². The molecule has 0 aliphatic heterocycles. The van der Waals surface area contributed by atoms with Crippen LogP contribution < -0.4 is 5.32 Å². The van der Waals surface area contributed by atoms with Gasteiger partial charge in [0.25, 0.3) is 0 Å². The molecule has 0 radical (unpaired) electrons. The number of aromatic hydroxyl groups is 1. The number of carbonyl (C=O) groups is 1. The molecule has 1 aliphatic carbocycles. The van der Waals surface area contributed by atoms with E-state index in [-0.39, 0.29) is 5.75 Å². The molecule has 2 rings (SSSR count).